The van der Waals surface area contributed by atoms with Crippen LogP contribution in [0.25, 0.3) is 0 Å². The summed E-state index contributed by atoms with van der Waals surface area (Å²) >= 11 is 1.17. The number of anilines is 1. The van der Waals surface area contributed by atoms with E-state index in [1.54, 1.807) is 4.90 Å². The summed E-state index contributed by atoms with van der Waals surface area (Å²) in [6.45, 7) is 1.12. The molecule has 21 heavy (non-hydrogen) atoms. The number of nitrogens with zero attached hydrogens (tertiary/aromatic N) is 2. The van der Waals surface area contributed by atoms with Crippen LogP contribution in [-0.4, -0.2) is 35.0 Å². The van der Waals surface area contributed by atoms with Gasteiger partial charge in [0.1, 0.15) is 5.82 Å². The fraction of sp³-hybridized carbons (Fsp3) is 0.154. The number of carbonyl (C=O) groups is 2. The maximum absolute atomic E-state index is 12.8. The van der Waals surface area contributed by atoms with E-state index in [9.17, 15) is 14.0 Å². The quantitative estimate of drug-likeness (QED) is 0.866. The Labute approximate surface area is 135 Å². The van der Waals surface area contributed by atoms with Crippen LogP contribution in [0.5, 0.6) is 0 Å². The predicted octanol–water partition coefficient (Wildman–Crippen LogP) is 2.17. The van der Waals surface area contributed by atoms with Gasteiger partial charge in [0.15, 0.2) is 5.17 Å². The van der Waals surface area contributed by atoms with E-state index in [2.05, 4.69) is 10.3 Å². The Morgan fingerprint density at radius 2 is 2.05 bits per heavy atom. The van der Waals surface area contributed by atoms with Crippen LogP contribution in [0.4, 0.5) is 10.1 Å². The van der Waals surface area contributed by atoms with E-state index < -0.39 is 5.91 Å². The minimum Gasteiger partial charge on any atom is -0.322 e. The maximum atomic E-state index is 12.8. The smallest absolute Gasteiger partial charge is 0.262 e. The SMILES string of the molecule is Br.O=C(Nc1ccc(F)cc1)C1=CC(=O)N2CCN=C2S1. The van der Waals surface area contributed by atoms with E-state index in [1.165, 1.54) is 42.1 Å². The van der Waals surface area contributed by atoms with Gasteiger partial charge in [-0.1, -0.05) is 0 Å². The van der Waals surface area contributed by atoms with Crippen molar-refractivity contribution in [1.82, 2.24) is 4.90 Å². The van der Waals surface area contributed by atoms with Gasteiger partial charge in [0.25, 0.3) is 11.8 Å². The molecule has 0 saturated heterocycles. The highest BCUT2D eigenvalue weighted by Crippen LogP contribution is 2.28. The van der Waals surface area contributed by atoms with Crippen molar-refractivity contribution in [3.05, 3.63) is 41.1 Å². The van der Waals surface area contributed by atoms with Crippen molar-refractivity contribution in [2.45, 2.75) is 0 Å². The Bertz CT molecular complexity index is 645. The molecular weight excluding hydrogens is 361 g/mol. The van der Waals surface area contributed by atoms with Crippen LogP contribution >= 0.6 is 28.7 Å². The number of thioether (sulfide) groups is 1. The van der Waals surface area contributed by atoms with E-state index in [1.807, 2.05) is 0 Å². The molecule has 3 rings (SSSR count). The molecule has 1 aromatic carbocycles. The van der Waals surface area contributed by atoms with E-state index in [-0.39, 0.29) is 33.6 Å². The monoisotopic (exact) mass is 371 g/mol. The Morgan fingerprint density at radius 3 is 2.76 bits per heavy atom. The maximum Gasteiger partial charge on any atom is 0.262 e. The number of fused-ring (bicyclic) bond motifs is 1. The van der Waals surface area contributed by atoms with Crippen LogP contribution in [0.3, 0.4) is 0 Å². The van der Waals surface area contributed by atoms with Gasteiger partial charge in [-0.25, -0.2) is 4.39 Å². The van der Waals surface area contributed by atoms with E-state index in [0.717, 1.165) is 0 Å². The summed E-state index contributed by atoms with van der Waals surface area (Å²) in [5.41, 5.74) is 0.473. The van der Waals surface area contributed by atoms with Crippen LogP contribution < -0.4 is 5.32 Å². The number of benzene rings is 1. The molecule has 2 amide bonds. The van der Waals surface area contributed by atoms with Gasteiger partial charge in [-0.3, -0.25) is 19.5 Å². The number of carbonyl (C=O) groups excluding carboxylic acids is 2. The van der Waals surface area contributed by atoms with Crippen molar-refractivity contribution >= 4 is 51.4 Å². The van der Waals surface area contributed by atoms with E-state index >= 15 is 0 Å². The normalized spacial score (nSPS) is 16.6. The molecule has 110 valence electrons. The number of amides is 2. The predicted molar refractivity (Wildman–Crippen MR) is 85.0 cm³/mol. The average Bonchev–Trinajstić information content (AvgIpc) is 2.90. The molecule has 0 radical (unpaired) electrons. The van der Waals surface area contributed by atoms with Crippen molar-refractivity contribution in [2.75, 3.05) is 18.4 Å². The Morgan fingerprint density at radius 1 is 1.33 bits per heavy atom. The molecule has 0 unspecified atom stereocenters. The average molecular weight is 372 g/mol. The molecule has 0 bridgehead atoms. The van der Waals surface area contributed by atoms with Gasteiger partial charge >= 0.3 is 0 Å². The first-order valence-corrected chi connectivity index (χ1v) is 6.77. The molecule has 0 spiro atoms. The summed E-state index contributed by atoms with van der Waals surface area (Å²) in [5.74, 6) is -1.01. The zero-order valence-electron chi connectivity index (χ0n) is 10.7. The molecule has 0 aliphatic carbocycles. The zero-order chi connectivity index (χ0) is 14.1. The van der Waals surface area contributed by atoms with Crippen LogP contribution in [0.1, 0.15) is 0 Å². The van der Waals surface area contributed by atoms with Crippen molar-refractivity contribution in [2.24, 2.45) is 4.99 Å². The first-order chi connectivity index (χ1) is 9.63. The molecule has 0 atom stereocenters. The van der Waals surface area contributed by atoms with Gasteiger partial charge in [-0.05, 0) is 36.0 Å². The van der Waals surface area contributed by atoms with Gasteiger partial charge in [0.2, 0.25) is 0 Å². The fourth-order valence-corrected chi connectivity index (χ4v) is 2.82. The van der Waals surface area contributed by atoms with Crippen LogP contribution in [-0.2, 0) is 9.59 Å². The number of rotatable bonds is 2. The summed E-state index contributed by atoms with van der Waals surface area (Å²) in [4.78, 5) is 29.9. The van der Waals surface area contributed by atoms with Crippen LogP contribution in [0.2, 0.25) is 0 Å². The van der Waals surface area contributed by atoms with Crippen molar-refractivity contribution in [1.29, 1.82) is 0 Å². The zero-order valence-corrected chi connectivity index (χ0v) is 13.2. The largest absolute Gasteiger partial charge is 0.322 e. The highest BCUT2D eigenvalue weighted by Gasteiger charge is 2.31. The van der Waals surface area contributed by atoms with E-state index in [0.29, 0.717) is 23.9 Å². The summed E-state index contributed by atoms with van der Waals surface area (Å²) in [5, 5.41) is 3.18. The third kappa shape index (κ3) is 3.33. The molecule has 5 nitrogen and oxygen atoms in total. The molecule has 2 aliphatic rings. The molecule has 0 aromatic heterocycles. The molecule has 0 fully saturated rings. The summed E-state index contributed by atoms with van der Waals surface area (Å²) in [6, 6.07) is 5.43. The third-order valence-corrected chi connectivity index (χ3v) is 3.90. The minimum atomic E-state index is -0.399. The third-order valence-electron chi connectivity index (χ3n) is 2.85. The minimum absolute atomic E-state index is 0. The second kappa shape index (κ2) is 6.40. The van der Waals surface area contributed by atoms with Gasteiger partial charge in [-0.15, -0.1) is 17.0 Å². The standard InChI is InChI=1S/C13H10FN3O2S.BrH/c14-8-1-3-9(4-2-8)16-12(19)10-7-11(18)17-6-5-15-13(17)20-10;/h1-4,7H,5-6H2,(H,16,19);1H. The van der Waals surface area contributed by atoms with Gasteiger partial charge in [0, 0.05) is 18.3 Å². The number of amidine groups is 1. The summed E-state index contributed by atoms with van der Waals surface area (Å²) in [6.07, 6.45) is 1.30. The first-order valence-electron chi connectivity index (χ1n) is 5.96. The van der Waals surface area contributed by atoms with Crippen molar-refractivity contribution in [3.63, 3.8) is 0 Å². The molecule has 8 heteroatoms. The summed E-state index contributed by atoms with van der Waals surface area (Å²) < 4.78 is 12.8. The Balaban J connectivity index is 0.00000161. The van der Waals surface area contributed by atoms with Gasteiger partial charge < -0.3 is 5.32 Å². The molecule has 2 heterocycles. The lowest BCUT2D eigenvalue weighted by molar-refractivity contribution is -0.122. The Kier molecular flexibility index (Phi) is 4.79. The topological polar surface area (TPSA) is 61.8 Å². The Hall–Kier alpha value is -1.67. The summed E-state index contributed by atoms with van der Waals surface area (Å²) in [7, 11) is 0. The van der Waals surface area contributed by atoms with Gasteiger partial charge in [-0.2, -0.15) is 0 Å². The second-order valence-corrected chi connectivity index (χ2v) is 5.23. The van der Waals surface area contributed by atoms with Crippen molar-refractivity contribution < 1.29 is 14.0 Å². The highest BCUT2D eigenvalue weighted by molar-refractivity contribution is 8.93. The molecule has 1 aromatic rings. The number of hydrogen-bond donors (Lipinski definition) is 1. The van der Waals surface area contributed by atoms with Crippen LogP contribution in [0, 0.1) is 5.82 Å². The first kappa shape index (κ1) is 15.7. The van der Waals surface area contributed by atoms with Crippen LogP contribution in [0.15, 0.2) is 40.2 Å². The number of hydrogen-bond acceptors (Lipinski definition) is 4. The fourth-order valence-electron chi connectivity index (χ4n) is 1.87. The number of aliphatic imine (C=N–C) groups is 1. The van der Waals surface area contributed by atoms with Crippen molar-refractivity contribution in [3.8, 4) is 0 Å². The lowest BCUT2D eigenvalue weighted by Gasteiger charge is -2.21. The number of halogens is 2. The van der Waals surface area contributed by atoms with Gasteiger partial charge in [0.05, 0.1) is 11.4 Å². The highest BCUT2D eigenvalue weighted by atomic mass is 79.9. The van der Waals surface area contributed by atoms with E-state index in [4.69, 9.17) is 0 Å². The lowest BCUT2D eigenvalue weighted by Crippen LogP contribution is -2.35. The molecule has 2 aliphatic heterocycles. The second-order valence-electron chi connectivity index (χ2n) is 4.23. The lowest BCUT2D eigenvalue weighted by atomic mass is 10.3. The molecule has 1 N–H and O–H groups in total. The molecular formula is C13H11BrFN3O2S. The molecule has 0 saturated carbocycles. The number of nitrogens with one attached hydrogen (secondary N) is 1.